The van der Waals surface area contributed by atoms with Gasteiger partial charge in [0.2, 0.25) is 0 Å². The van der Waals surface area contributed by atoms with Crippen LogP contribution in [-0.4, -0.2) is 55.5 Å². The van der Waals surface area contributed by atoms with E-state index < -0.39 is 5.60 Å². The molecule has 0 aromatic carbocycles. The molecule has 7 heteroatoms. The fourth-order valence-corrected chi connectivity index (χ4v) is 4.20. The van der Waals surface area contributed by atoms with E-state index in [0.29, 0.717) is 19.7 Å². The van der Waals surface area contributed by atoms with Crippen LogP contribution < -0.4 is 5.32 Å². The number of ether oxygens (including phenoxy) is 2. The van der Waals surface area contributed by atoms with Gasteiger partial charge in [-0.05, 0) is 32.8 Å². The number of amides is 1. The van der Waals surface area contributed by atoms with E-state index in [1.54, 1.807) is 12.0 Å². The maximum Gasteiger partial charge on any atom is 0.410 e. The molecule has 0 radical (unpaired) electrons. The highest BCUT2D eigenvalue weighted by molar-refractivity contribution is 9.11. The van der Waals surface area contributed by atoms with Gasteiger partial charge in [0, 0.05) is 41.7 Å². The van der Waals surface area contributed by atoms with Crippen LogP contribution in [-0.2, 0) is 9.47 Å². The van der Waals surface area contributed by atoms with Crippen LogP contribution in [0.2, 0.25) is 0 Å². The molecule has 1 fully saturated rings. The van der Waals surface area contributed by atoms with E-state index in [0.717, 1.165) is 9.51 Å². The second-order valence-corrected chi connectivity index (χ2v) is 9.06. The summed E-state index contributed by atoms with van der Waals surface area (Å²) in [5.74, 6) is 0.389. The average Bonchev–Trinajstić information content (AvgIpc) is 2.50. The lowest BCUT2D eigenvalue weighted by atomic mass is 9.82. The lowest BCUT2D eigenvalue weighted by molar-refractivity contribution is -0.00794. The quantitative estimate of drug-likeness (QED) is 0.731. The Hall–Kier alpha value is -0.560. The molecule has 0 aromatic rings. The van der Waals surface area contributed by atoms with Crippen molar-refractivity contribution in [2.45, 2.75) is 45.4 Å². The summed E-state index contributed by atoms with van der Waals surface area (Å²) in [5.41, 5.74) is -0.526. The highest BCUT2D eigenvalue weighted by Gasteiger charge is 2.39. The zero-order chi connectivity index (χ0) is 18.8. The number of carbonyl (C=O) groups excluding carboxylic acids is 1. The number of piperazine rings is 1. The van der Waals surface area contributed by atoms with Crippen LogP contribution in [0.1, 0.15) is 27.7 Å². The van der Waals surface area contributed by atoms with E-state index in [9.17, 15) is 4.79 Å². The smallest absolute Gasteiger partial charge is 0.410 e. The standard InChI is InChI=1S/C18H28BrClN2O3/c1-11-14(6-12(19)7-15(11)20)16-9-22(13(8-21-16)10-24-5)17(23)25-18(2,3)4/h6-7,11,13-14,16,21H,8-10H2,1-5H3/t11?,13-,14?,16+/m1/s1. The van der Waals surface area contributed by atoms with Crippen LogP contribution >= 0.6 is 27.5 Å². The Morgan fingerprint density at radius 1 is 1.48 bits per heavy atom. The molecule has 2 aliphatic rings. The molecule has 1 saturated heterocycles. The molecule has 1 N–H and O–H groups in total. The van der Waals surface area contributed by atoms with E-state index in [4.69, 9.17) is 21.1 Å². The minimum atomic E-state index is -0.526. The van der Waals surface area contributed by atoms with Crippen LogP contribution in [0.15, 0.2) is 21.7 Å². The van der Waals surface area contributed by atoms with Gasteiger partial charge in [0.25, 0.3) is 0 Å². The number of halogens is 2. The highest BCUT2D eigenvalue weighted by atomic mass is 79.9. The highest BCUT2D eigenvalue weighted by Crippen LogP contribution is 2.36. The largest absolute Gasteiger partial charge is 0.444 e. The topological polar surface area (TPSA) is 50.8 Å². The van der Waals surface area contributed by atoms with Crippen molar-refractivity contribution in [3.8, 4) is 0 Å². The molecule has 5 nitrogen and oxygen atoms in total. The normalized spacial score (nSPS) is 30.6. The first-order chi connectivity index (χ1) is 11.6. The van der Waals surface area contributed by atoms with Crippen molar-refractivity contribution in [3.05, 3.63) is 21.7 Å². The fourth-order valence-electron chi connectivity index (χ4n) is 3.25. The SMILES string of the molecule is COC[C@H]1CN[C@H](C2C=C(Br)C=C(Cl)C2C)CN1C(=O)OC(C)(C)C. The molecule has 0 aromatic heterocycles. The number of rotatable bonds is 3. The van der Waals surface area contributed by atoms with Crippen molar-refractivity contribution in [1.29, 1.82) is 0 Å². The van der Waals surface area contributed by atoms with Crippen LogP contribution in [0, 0.1) is 11.8 Å². The molecule has 1 heterocycles. The predicted octanol–water partition coefficient (Wildman–Crippen LogP) is 3.88. The Bertz CT molecular complexity index is 559. The van der Waals surface area contributed by atoms with E-state index >= 15 is 0 Å². The number of hydrogen-bond donors (Lipinski definition) is 1. The van der Waals surface area contributed by atoms with Crippen molar-refractivity contribution >= 4 is 33.6 Å². The lowest BCUT2D eigenvalue weighted by Gasteiger charge is -2.44. The van der Waals surface area contributed by atoms with Crippen LogP contribution in [0.4, 0.5) is 4.79 Å². The van der Waals surface area contributed by atoms with Gasteiger partial charge < -0.3 is 19.7 Å². The molecule has 25 heavy (non-hydrogen) atoms. The summed E-state index contributed by atoms with van der Waals surface area (Å²) < 4.78 is 11.9. The number of methoxy groups -OCH3 is 1. The molecule has 142 valence electrons. The van der Waals surface area contributed by atoms with Gasteiger partial charge in [0.1, 0.15) is 5.60 Å². The molecule has 0 bridgehead atoms. The van der Waals surface area contributed by atoms with Crippen molar-refractivity contribution in [1.82, 2.24) is 10.2 Å². The van der Waals surface area contributed by atoms with E-state index in [1.807, 2.05) is 26.8 Å². The molecule has 0 spiro atoms. The number of hydrogen-bond acceptors (Lipinski definition) is 4. The summed E-state index contributed by atoms with van der Waals surface area (Å²) in [7, 11) is 1.65. The Morgan fingerprint density at radius 2 is 2.16 bits per heavy atom. The third-order valence-corrected chi connectivity index (χ3v) is 5.49. The second-order valence-electron chi connectivity index (χ2n) is 7.70. The summed E-state index contributed by atoms with van der Waals surface area (Å²) in [6.45, 7) is 9.43. The number of carbonyl (C=O) groups is 1. The molecule has 1 amide bonds. The van der Waals surface area contributed by atoms with Gasteiger partial charge in [-0.15, -0.1) is 0 Å². The minimum absolute atomic E-state index is 0.0477. The summed E-state index contributed by atoms with van der Waals surface area (Å²) in [6, 6.07) is 0.0547. The number of nitrogens with one attached hydrogen (secondary N) is 1. The Balaban J connectivity index is 2.16. The van der Waals surface area contributed by atoms with Crippen molar-refractivity contribution in [3.63, 3.8) is 0 Å². The molecular weight excluding hydrogens is 408 g/mol. The Morgan fingerprint density at radius 3 is 2.76 bits per heavy atom. The van der Waals surface area contributed by atoms with Gasteiger partial charge in [-0.2, -0.15) is 0 Å². The molecule has 0 saturated carbocycles. The van der Waals surface area contributed by atoms with Gasteiger partial charge in [-0.25, -0.2) is 4.79 Å². The Kier molecular flexibility index (Phi) is 6.99. The van der Waals surface area contributed by atoms with Gasteiger partial charge in [0.15, 0.2) is 0 Å². The second kappa shape index (κ2) is 8.42. The summed E-state index contributed by atoms with van der Waals surface area (Å²) >= 11 is 9.91. The van der Waals surface area contributed by atoms with Gasteiger partial charge in [-0.1, -0.05) is 40.5 Å². The molecule has 1 aliphatic heterocycles. The first-order valence-electron chi connectivity index (χ1n) is 8.58. The van der Waals surface area contributed by atoms with Gasteiger partial charge in [-0.3, -0.25) is 0 Å². The monoisotopic (exact) mass is 434 g/mol. The van der Waals surface area contributed by atoms with Crippen molar-refractivity contribution in [2.24, 2.45) is 11.8 Å². The summed E-state index contributed by atoms with van der Waals surface area (Å²) in [4.78, 5) is 14.5. The third kappa shape index (κ3) is 5.46. The first kappa shape index (κ1) is 20.7. The Labute approximate surface area is 163 Å². The minimum Gasteiger partial charge on any atom is -0.444 e. The lowest BCUT2D eigenvalue weighted by Crippen LogP contribution is -2.62. The molecule has 4 atom stereocenters. The van der Waals surface area contributed by atoms with Crippen molar-refractivity contribution in [2.75, 3.05) is 26.8 Å². The fraction of sp³-hybridized carbons (Fsp3) is 0.722. The molecule has 2 rings (SSSR count). The van der Waals surface area contributed by atoms with E-state index in [1.165, 1.54) is 0 Å². The van der Waals surface area contributed by atoms with Crippen LogP contribution in [0.25, 0.3) is 0 Å². The zero-order valence-electron chi connectivity index (χ0n) is 15.5. The zero-order valence-corrected chi connectivity index (χ0v) is 17.9. The number of nitrogens with zero attached hydrogens (tertiary/aromatic N) is 1. The van der Waals surface area contributed by atoms with Crippen LogP contribution in [0.3, 0.4) is 0 Å². The van der Waals surface area contributed by atoms with Crippen LogP contribution in [0.5, 0.6) is 0 Å². The first-order valence-corrected chi connectivity index (χ1v) is 9.76. The van der Waals surface area contributed by atoms with Gasteiger partial charge >= 0.3 is 6.09 Å². The summed E-state index contributed by atoms with van der Waals surface area (Å²) in [6.07, 6.45) is 3.80. The summed E-state index contributed by atoms with van der Waals surface area (Å²) in [5, 5.41) is 4.39. The van der Waals surface area contributed by atoms with Gasteiger partial charge in [0.05, 0.1) is 12.6 Å². The molecular formula is C18H28BrClN2O3. The molecule has 2 unspecified atom stereocenters. The number of allylic oxidation sites excluding steroid dienone is 3. The van der Waals surface area contributed by atoms with E-state index in [2.05, 4.69) is 34.2 Å². The van der Waals surface area contributed by atoms with Crippen molar-refractivity contribution < 1.29 is 14.3 Å². The average molecular weight is 436 g/mol. The predicted molar refractivity (Wildman–Crippen MR) is 104 cm³/mol. The maximum atomic E-state index is 12.7. The maximum absolute atomic E-state index is 12.7. The van der Waals surface area contributed by atoms with E-state index in [-0.39, 0.29) is 30.0 Å². The molecule has 1 aliphatic carbocycles. The third-order valence-electron chi connectivity index (χ3n) is 4.54.